The van der Waals surface area contributed by atoms with Gasteiger partial charge in [-0.2, -0.15) is 5.26 Å². The zero-order valence-corrected chi connectivity index (χ0v) is 19.5. The minimum Gasteiger partial charge on any atom is -0.490 e. The van der Waals surface area contributed by atoms with E-state index in [9.17, 15) is 10.1 Å². The molecular weight excluding hydrogens is 447 g/mol. The molecule has 1 fully saturated rings. The molecule has 0 saturated heterocycles. The average Bonchev–Trinajstić information content (AvgIpc) is 2.78. The highest BCUT2D eigenvalue weighted by Gasteiger charge is 2.18. The number of amides is 1. The molecule has 0 radical (unpaired) electrons. The smallest absolute Gasteiger partial charge is 0.262 e. The lowest BCUT2D eigenvalue weighted by atomic mass is 9.95. The zero-order valence-electron chi connectivity index (χ0n) is 18.0. The van der Waals surface area contributed by atoms with E-state index in [4.69, 9.17) is 32.7 Å². The molecule has 32 heavy (non-hydrogen) atoms. The Kier molecular flexibility index (Phi) is 8.84. The fraction of sp³-hybridized carbons (Fsp3) is 0.360. The van der Waals surface area contributed by atoms with E-state index in [-0.39, 0.29) is 24.1 Å². The van der Waals surface area contributed by atoms with Gasteiger partial charge < -0.3 is 14.8 Å². The summed E-state index contributed by atoms with van der Waals surface area (Å²) in [5.74, 6) is 0.728. The van der Waals surface area contributed by atoms with Gasteiger partial charge in [-0.25, -0.2) is 0 Å². The average molecular weight is 473 g/mol. The quantitative estimate of drug-likeness (QED) is 0.359. The SMILES string of the molecule is CCOc1cc(/C=C(\C#N)C(=O)NC2CCCCC2)ccc1OCc1ccc(Cl)cc1Cl. The molecule has 2 aromatic carbocycles. The number of halogens is 2. The molecule has 0 unspecified atom stereocenters. The molecule has 5 nitrogen and oxygen atoms in total. The molecule has 0 bridgehead atoms. The standard InChI is InChI=1S/C25H26Cl2N2O3/c1-2-31-24-13-17(12-19(15-28)25(30)29-21-6-4-3-5-7-21)8-11-23(24)32-16-18-9-10-20(26)14-22(18)27/h8-14,21H,2-7,16H2,1H3,(H,29,30)/b19-12+. The first kappa shape index (κ1) is 24.0. The monoisotopic (exact) mass is 472 g/mol. The summed E-state index contributed by atoms with van der Waals surface area (Å²) in [4.78, 5) is 12.6. The van der Waals surface area contributed by atoms with E-state index in [1.54, 1.807) is 36.4 Å². The number of nitrogens with zero attached hydrogens (tertiary/aromatic N) is 1. The van der Waals surface area contributed by atoms with Crippen molar-refractivity contribution >= 4 is 35.2 Å². The van der Waals surface area contributed by atoms with E-state index < -0.39 is 0 Å². The summed E-state index contributed by atoms with van der Waals surface area (Å²) in [6.45, 7) is 2.57. The van der Waals surface area contributed by atoms with E-state index in [0.29, 0.717) is 33.7 Å². The fourth-order valence-corrected chi connectivity index (χ4v) is 4.08. The Balaban J connectivity index is 1.74. The maximum Gasteiger partial charge on any atom is 0.262 e. The van der Waals surface area contributed by atoms with E-state index in [1.165, 1.54) is 6.42 Å². The molecule has 0 heterocycles. The van der Waals surface area contributed by atoms with Gasteiger partial charge in [-0.1, -0.05) is 54.6 Å². The van der Waals surface area contributed by atoms with Gasteiger partial charge in [0.05, 0.1) is 6.61 Å². The third-order valence-corrected chi connectivity index (χ3v) is 5.87. The van der Waals surface area contributed by atoms with Crippen LogP contribution in [0.2, 0.25) is 10.0 Å². The van der Waals surface area contributed by atoms with Crippen molar-refractivity contribution in [1.29, 1.82) is 5.26 Å². The van der Waals surface area contributed by atoms with Crippen molar-refractivity contribution in [2.24, 2.45) is 0 Å². The highest BCUT2D eigenvalue weighted by molar-refractivity contribution is 6.35. The van der Waals surface area contributed by atoms with Gasteiger partial charge >= 0.3 is 0 Å². The molecule has 1 aliphatic rings. The van der Waals surface area contributed by atoms with E-state index >= 15 is 0 Å². The van der Waals surface area contributed by atoms with E-state index in [2.05, 4.69) is 5.32 Å². The molecule has 0 aromatic heterocycles. The molecule has 1 saturated carbocycles. The topological polar surface area (TPSA) is 71.3 Å². The number of carbonyl (C=O) groups is 1. The van der Waals surface area contributed by atoms with Gasteiger partial charge in [0.2, 0.25) is 0 Å². The number of carbonyl (C=O) groups excluding carboxylic acids is 1. The van der Waals surface area contributed by atoms with Gasteiger partial charge in [-0.05, 0) is 55.7 Å². The van der Waals surface area contributed by atoms with Crippen LogP contribution in [0.4, 0.5) is 0 Å². The Morgan fingerprint density at radius 2 is 1.91 bits per heavy atom. The van der Waals surface area contributed by atoms with Crippen molar-refractivity contribution in [3.63, 3.8) is 0 Å². The van der Waals surface area contributed by atoms with Crippen LogP contribution in [0, 0.1) is 11.3 Å². The molecule has 0 spiro atoms. The Hall–Kier alpha value is -2.68. The van der Waals surface area contributed by atoms with E-state index in [1.807, 2.05) is 19.1 Å². The third kappa shape index (κ3) is 6.66. The Morgan fingerprint density at radius 3 is 2.59 bits per heavy atom. The van der Waals surface area contributed by atoms with Crippen LogP contribution in [-0.4, -0.2) is 18.6 Å². The lowest BCUT2D eigenvalue weighted by molar-refractivity contribution is -0.117. The predicted molar refractivity (Wildman–Crippen MR) is 127 cm³/mol. The van der Waals surface area contributed by atoms with Crippen molar-refractivity contribution in [1.82, 2.24) is 5.32 Å². The molecule has 0 atom stereocenters. The van der Waals surface area contributed by atoms with Crippen LogP contribution in [0.3, 0.4) is 0 Å². The number of benzene rings is 2. The number of hydrogen-bond acceptors (Lipinski definition) is 4. The van der Waals surface area contributed by atoms with Crippen LogP contribution in [0.15, 0.2) is 42.0 Å². The lowest BCUT2D eigenvalue weighted by Crippen LogP contribution is -2.36. The summed E-state index contributed by atoms with van der Waals surface area (Å²) in [6.07, 6.45) is 6.91. The largest absolute Gasteiger partial charge is 0.490 e. The highest BCUT2D eigenvalue weighted by Crippen LogP contribution is 2.31. The molecule has 1 N–H and O–H groups in total. The first-order chi connectivity index (χ1) is 15.5. The highest BCUT2D eigenvalue weighted by atomic mass is 35.5. The molecule has 2 aromatic rings. The third-order valence-electron chi connectivity index (χ3n) is 5.28. The number of ether oxygens (including phenoxy) is 2. The van der Waals surface area contributed by atoms with Crippen LogP contribution in [0.5, 0.6) is 11.5 Å². The van der Waals surface area contributed by atoms with Gasteiger partial charge in [-0.3, -0.25) is 4.79 Å². The van der Waals surface area contributed by atoms with Gasteiger partial charge in [-0.15, -0.1) is 0 Å². The predicted octanol–water partition coefficient (Wildman–Crippen LogP) is 6.33. The number of rotatable bonds is 8. The van der Waals surface area contributed by atoms with Crippen molar-refractivity contribution in [2.75, 3.05) is 6.61 Å². The Labute approximate surface area is 198 Å². The molecule has 1 amide bonds. The normalized spacial score (nSPS) is 14.5. The summed E-state index contributed by atoms with van der Waals surface area (Å²) < 4.78 is 11.6. The number of nitrogens with one attached hydrogen (secondary N) is 1. The fourth-order valence-electron chi connectivity index (χ4n) is 3.62. The van der Waals surface area contributed by atoms with Crippen LogP contribution in [0.1, 0.15) is 50.2 Å². The van der Waals surface area contributed by atoms with Crippen molar-refractivity contribution in [3.05, 3.63) is 63.1 Å². The lowest BCUT2D eigenvalue weighted by Gasteiger charge is -2.22. The molecule has 0 aliphatic heterocycles. The van der Waals surface area contributed by atoms with Gasteiger partial charge in [0.15, 0.2) is 11.5 Å². The second-order valence-corrected chi connectivity index (χ2v) is 8.49. The number of hydrogen-bond donors (Lipinski definition) is 1. The number of nitriles is 1. The summed E-state index contributed by atoms with van der Waals surface area (Å²) >= 11 is 12.2. The van der Waals surface area contributed by atoms with Gasteiger partial charge in [0, 0.05) is 21.7 Å². The molecule has 1 aliphatic carbocycles. The van der Waals surface area contributed by atoms with E-state index in [0.717, 1.165) is 31.2 Å². The van der Waals surface area contributed by atoms with Crippen molar-refractivity contribution in [2.45, 2.75) is 51.7 Å². The molecule has 3 rings (SSSR count). The summed E-state index contributed by atoms with van der Waals surface area (Å²) in [5.41, 5.74) is 1.55. The minimum atomic E-state index is -0.338. The zero-order chi connectivity index (χ0) is 22.9. The summed E-state index contributed by atoms with van der Waals surface area (Å²) in [7, 11) is 0. The maximum atomic E-state index is 12.6. The van der Waals surface area contributed by atoms with Gasteiger partial charge in [0.1, 0.15) is 18.2 Å². The minimum absolute atomic E-state index is 0.0691. The molecular formula is C25H26Cl2N2O3. The second kappa shape index (κ2) is 11.8. The Bertz CT molecular complexity index is 1020. The first-order valence-electron chi connectivity index (χ1n) is 10.8. The van der Waals surface area contributed by atoms with Crippen LogP contribution in [0.25, 0.3) is 6.08 Å². The van der Waals surface area contributed by atoms with Gasteiger partial charge in [0.25, 0.3) is 5.91 Å². The summed E-state index contributed by atoms with van der Waals surface area (Å²) in [6, 6.07) is 12.7. The van der Waals surface area contributed by atoms with Crippen LogP contribution in [-0.2, 0) is 11.4 Å². The van der Waals surface area contributed by atoms with Crippen LogP contribution >= 0.6 is 23.2 Å². The molecule has 7 heteroatoms. The summed E-state index contributed by atoms with van der Waals surface area (Å²) in [5, 5.41) is 13.6. The van der Waals surface area contributed by atoms with Crippen molar-refractivity contribution in [3.8, 4) is 17.6 Å². The second-order valence-electron chi connectivity index (χ2n) is 7.64. The molecule has 168 valence electrons. The maximum absolute atomic E-state index is 12.6. The van der Waals surface area contributed by atoms with Crippen LogP contribution < -0.4 is 14.8 Å². The first-order valence-corrected chi connectivity index (χ1v) is 11.5. The Morgan fingerprint density at radius 1 is 1.12 bits per heavy atom. The van der Waals surface area contributed by atoms with Crippen molar-refractivity contribution < 1.29 is 14.3 Å².